The second-order valence-electron chi connectivity index (χ2n) is 3.91. The fourth-order valence-electron chi connectivity index (χ4n) is 1.62. The van der Waals surface area contributed by atoms with Crippen LogP contribution in [-0.2, 0) is 17.9 Å². The number of anilines is 1. The Balaban J connectivity index is 1.99. The summed E-state index contributed by atoms with van der Waals surface area (Å²) in [6.45, 7) is 6.04. The molecule has 0 unspecified atom stereocenters. The van der Waals surface area contributed by atoms with Gasteiger partial charge in [0.15, 0.2) is 0 Å². The van der Waals surface area contributed by atoms with E-state index in [1.54, 1.807) is 0 Å². The molecule has 0 spiro atoms. The molecule has 0 aliphatic carbocycles. The third-order valence-corrected chi connectivity index (χ3v) is 3.30. The number of hydrogen-bond donors (Lipinski definition) is 1. The van der Waals surface area contributed by atoms with Gasteiger partial charge in [-0.05, 0) is 25.0 Å². The summed E-state index contributed by atoms with van der Waals surface area (Å²) < 4.78 is 9.61. The highest BCUT2D eigenvalue weighted by Crippen LogP contribution is 2.15. The van der Waals surface area contributed by atoms with Crippen LogP contribution in [-0.4, -0.2) is 16.0 Å². The molecule has 1 heterocycles. The van der Waals surface area contributed by atoms with Crippen molar-refractivity contribution in [2.75, 3.05) is 11.9 Å². The van der Waals surface area contributed by atoms with E-state index in [1.165, 1.54) is 22.7 Å². The van der Waals surface area contributed by atoms with Crippen LogP contribution in [0.2, 0.25) is 0 Å². The van der Waals surface area contributed by atoms with Crippen LogP contribution in [0.25, 0.3) is 0 Å². The smallest absolute Gasteiger partial charge is 0.202 e. The van der Waals surface area contributed by atoms with Crippen molar-refractivity contribution < 1.29 is 4.74 Å². The van der Waals surface area contributed by atoms with E-state index >= 15 is 0 Å². The monoisotopic (exact) mass is 263 g/mol. The van der Waals surface area contributed by atoms with E-state index in [-0.39, 0.29) is 0 Å². The Bertz CT molecular complexity index is 498. The SMILES string of the molecule is CCOCc1ccccc1CNc1nc(C)ns1. The first kappa shape index (κ1) is 13.0. The Labute approximate surface area is 111 Å². The second kappa shape index (κ2) is 6.47. The molecule has 0 atom stereocenters. The molecule has 1 aromatic heterocycles. The van der Waals surface area contributed by atoms with Gasteiger partial charge in [-0.15, -0.1) is 0 Å². The second-order valence-corrected chi connectivity index (χ2v) is 4.66. The van der Waals surface area contributed by atoms with Crippen LogP contribution in [0.5, 0.6) is 0 Å². The summed E-state index contributed by atoms with van der Waals surface area (Å²) in [7, 11) is 0. The van der Waals surface area contributed by atoms with Crippen molar-refractivity contribution in [3.8, 4) is 0 Å². The molecule has 0 saturated carbocycles. The molecular formula is C13H17N3OS. The Morgan fingerprint density at radius 3 is 2.72 bits per heavy atom. The highest BCUT2D eigenvalue weighted by atomic mass is 32.1. The lowest BCUT2D eigenvalue weighted by atomic mass is 10.1. The first-order valence-electron chi connectivity index (χ1n) is 5.98. The number of benzene rings is 1. The van der Waals surface area contributed by atoms with E-state index in [1.807, 2.05) is 26.0 Å². The molecule has 2 aromatic rings. The first-order chi connectivity index (χ1) is 8.79. The van der Waals surface area contributed by atoms with Crippen LogP contribution in [0.3, 0.4) is 0 Å². The average Bonchev–Trinajstić information content (AvgIpc) is 2.81. The van der Waals surface area contributed by atoms with Gasteiger partial charge >= 0.3 is 0 Å². The molecule has 0 fully saturated rings. The van der Waals surface area contributed by atoms with Crippen molar-refractivity contribution in [3.05, 3.63) is 41.2 Å². The Morgan fingerprint density at radius 2 is 2.06 bits per heavy atom. The van der Waals surface area contributed by atoms with Gasteiger partial charge in [0.25, 0.3) is 0 Å². The van der Waals surface area contributed by atoms with Crippen LogP contribution in [0.15, 0.2) is 24.3 Å². The topological polar surface area (TPSA) is 47.0 Å². The van der Waals surface area contributed by atoms with Gasteiger partial charge in [0.05, 0.1) is 6.61 Å². The minimum Gasteiger partial charge on any atom is -0.377 e. The molecule has 1 aromatic carbocycles. The van der Waals surface area contributed by atoms with Gasteiger partial charge in [0, 0.05) is 24.7 Å². The normalized spacial score (nSPS) is 10.6. The number of ether oxygens (including phenoxy) is 1. The summed E-state index contributed by atoms with van der Waals surface area (Å²) >= 11 is 1.39. The maximum Gasteiger partial charge on any atom is 0.202 e. The maximum atomic E-state index is 5.46. The van der Waals surface area contributed by atoms with Gasteiger partial charge in [-0.25, -0.2) is 4.98 Å². The lowest BCUT2D eigenvalue weighted by Crippen LogP contribution is -2.04. The lowest BCUT2D eigenvalue weighted by molar-refractivity contribution is 0.133. The summed E-state index contributed by atoms with van der Waals surface area (Å²) in [5, 5.41) is 4.15. The van der Waals surface area contributed by atoms with Crippen molar-refractivity contribution in [3.63, 3.8) is 0 Å². The van der Waals surface area contributed by atoms with Crippen molar-refractivity contribution in [1.82, 2.24) is 9.36 Å². The van der Waals surface area contributed by atoms with Crippen molar-refractivity contribution >= 4 is 16.7 Å². The standard InChI is InChI=1S/C13H17N3OS/c1-3-17-9-12-7-5-4-6-11(12)8-14-13-15-10(2)16-18-13/h4-7H,3,8-9H2,1-2H3,(H,14,15,16). The summed E-state index contributed by atoms with van der Waals surface area (Å²) in [5.74, 6) is 0.810. The molecule has 2 rings (SSSR count). The highest BCUT2D eigenvalue weighted by molar-refractivity contribution is 7.09. The maximum absolute atomic E-state index is 5.46. The van der Waals surface area contributed by atoms with Gasteiger partial charge in [-0.3, -0.25) is 0 Å². The van der Waals surface area contributed by atoms with Gasteiger partial charge in [-0.2, -0.15) is 4.37 Å². The van der Waals surface area contributed by atoms with E-state index in [0.717, 1.165) is 24.1 Å². The van der Waals surface area contributed by atoms with E-state index in [9.17, 15) is 0 Å². The minimum absolute atomic E-state index is 0.656. The van der Waals surface area contributed by atoms with Crippen LogP contribution >= 0.6 is 11.5 Å². The van der Waals surface area contributed by atoms with E-state index in [2.05, 4.69) is 26.8 Å². The number of nitrogens with zero attached hydrogens (tertiary/aromatic N) is 2. The predicted molar refractivity (Wildman–Crippen MR) is 73.7 cm³/mol. The lowest BCUT2D eigenvalue weighted by Gasteiger charge is -2.09. The molecule has 0 saturated heterocycles. The number of aromatic nitrogens is 2. The van der Waals surface area contributed by atoms with Crippen LogP contribution < -0.4 is 5.32 Å². The number of rotatable bonds is 6. The van der Waals surface area contributed by atoms with Gasteiger partial charge in [0.1, 0.15) is 5.82 Å². The molecule has 5 heteroatoms. The molecule has 0 aliphatic rings. The molecule has 0 amide bonds. The van der Waals surface area contributed by atoms with Crippen molar-refractivity contribution in [1.29, 1.82) is 0 Å². The number of aryl methyl sites for hydroxylation is 1. The average molecular weight is 263 g/mol. The Hall–Kier alpha value is -1.46. The Morgan fingerprint density at radius 1 is 1.28 bits per heavy atom. The van der Waals surface area contributed by atoms with Crippen molar-refractivity contribution in [2.45, 2.75) is 27.0 Å². The van der Waals surface area contributed by atoms with E-state index in [0.29, 0.717) is 6.61 Å². The van der Waals surface area contributed by atoms with Crippen LogP contribution in [0.4, 0.5) is 5.13 Å². The summed E-state index contributed by atoms with van der Waals surface area (Å²) in [6, 6.07) is 8.28. The van der Waals surface area contributed by atoms with Crippen molar-refractivity contribution in [2.24, 2.45) is 0 Å². The fourth-order valence-corrected chi connectivity index (χ4v) is 2.19. The van der Waals surface area contributed by atoms with Gasteiger partial charge in [-0.1, -0.05) is 24.3 Å². The predicted octanol–water partition coefficient (Wildman–Crippen LogP) is 3.00. The molecular weight excluding hydrogens is 246 g/mol. The molecule has 0 bridgehead atoms. The molecule has 1 N–H and O–H groups in total. The first-order valence-corrected chi connectivity index (χ1v) is 6.75. The quantitative estimate of drug-likeness (QED) is 0.870. The highest BCUT2D eigenvalue weighted by Gasteiger charge is 2.03. The minimum atomic E-state index is 0.656. The summed E-state index contributed by atoms with van der Waals surface area (Å²) in [4.78, 5) is 4.28. The summed E-state index contributed by atoms with van der Waals surface area (Å²) in [5.41, 5.74) is 2.45. The van der Waals surface area contributed by atoms with Gasteiger partial charge < -0.3 is 10.1 Å². The fraction of sp³-hybridized carbons (Fsp3) is 0.385. The molecule has 96 valence electrons. The Kier molecular flexibility index (Phi) is 4.66. The van der Waals surface area contributed by atoms with Gasteiger partial charge in [0.2, 0.25) is 5.13 Å². The zero-order chi connectivity index (χ0) is 12.8. The summed E-state index contributed by atoms with van der Waals surface area (Å²) in [6.07, 6.45) is 0. The van der Waals surface area contributed by atoms with E-state index < -0.39 is 0 Å². The van der Waals surface area contributed by atoms with E-state index in [4.69, 9.17) is 4.74 Å². The molecule has 0 radical (unpaired) electrons. The largest absolute Gasteiger partial charge is 0.377 e. The zero-order valence-electron chi connectivity index (χ0n) is 10.6. The third-order valence-electron chi connectivity index (χ3n) is 2.54. The molecule has 4 nitrogen and oxygen atoms in total. The molecule has 18 heavy (non-hydrogen) atoms. The number of nitrogens with one attached hydrogen (secondary N) is 1. The van der Waals surface area contributed by atoms with Crippen LogP contribution in [0.1, 0.15) is 23.9 Å². The zero-order valence-corrected chi connectivity index (χ0v) is 11.5. The number of hydrogen-bond acceptors (Lipinski definition) is 5. The van der Waals surface area contributed by atoms with Crippen LogP contribution in [0, 0.1) is 6.92 Å². The third kappa shape index (κ3) is 3.51. The molecule has 0 aliphatic heterocycles.